The average Bonchev–Trinajstić information content (AvgIpc) is 3.15. The van der Waals surface area contributed by atoms with Crippen LogP contribution in [-0.4, -0.2) is 38.3 Å². The summed E-state index contributed by atoms with van der Waals surface area (Å²) in [6, 6.07) is 9.99. The molecule has 0 saturated heterocycles. The van der Waals surface area contributed by atoms with Gasteiger partial charge in [0.2, 0.25) is 5.82 Å². The Hall–Kier alpha value is -4.18. The van der Waals surface area contributed by atoms with E-state index in [2.05, 4.69) is 47.8 Å². The number of nitrogens with two attached hydrogens (primary N) is 2. The molecule has 0 saturated carbocycles. The summed E-state index contributed by atoms with van der Waals surface area (Å²) < 4.78 is 78.3. The van der Waals surface area contributed by atoms with Crippen molar-refractivity contribution < 1.29 is 100 Å². The van der Waals surface area contributed by atoms with Crippen molar-refractivity contribution in [2.24, 2.45) is 0 Å². The number of nitrogen functional groups attached to an aromatic ring is 2. The number of nitro benzene ring substituents is 2. The van der Waals surface area contributed by atoms with Crippen LogP contribution in [0.3, 0.4) is 0 Å². The first-order valence-corrected chi connectivity index (χ1v) is 15.4. The molecule has 0 atom stereocenters. The monoisotopic (exact) mass is 1060 g/mol. The summed E-state index contributed by atoms with van der Waals surface area (Å²) in [4.78, 5) is 18.8. The Labute approximate surface area is 384 Å². The molecule has 0 amide bonds. The second-order valence-electron chi connectivity index (χ2n) is 8.36. The van der Waals surface area contributed by atoms with Gasteiger partial charge in [-0.2, -0.15) is 16.8 Å². The van der Waals surface area contributed by atoms with Crippen LogP contribution >= 0.6 is 47.8 Å². The maximum absolute atomic E-state index is 12.8. The number of nitro groups is 2. The first-order chi connectivity index (χ1) is 25.4. The molecule has 0 spiro atoms. The van der Waals surface area contributed by atoms with Gasteiger partial charge in [0.25, 0.3) is 0 Å². The van der Waals surface area contributed by atoms with Gasteiger partial charge in [-0.3, -0.25) is 20.2 Å². The fourth-order valence-corrected chi connectivity index (χ4v) is 3.99. The fourth-order valence-electron chi connectivity index (χ4n) is 3.03. The second kappa shape index (κ2) is 35.0. The average molecular weight is 1060 g/mol. The van der Waals surface area contributed by atoms with Crippen molar-refractivity contribution in [1.82, 2.24) is 0 Å². The quantitative estimate of drug-likeness (QED) is 0.0482. The Balaban J connectivity index is -0.000000143. The van der Waals surface area contributed by atoms with E-state index in [0.29, 0.717) is 33.8 Å². The zero-order chi connectivity index (χ0) is 42.9. The number of anilines is 2. The summed E-state index contributed by atoms with van der Waals surface area (Å²) in [5, 5.41) is 49.6. The molecule has 4 N–H and O–H groups in total. The van der Waals surface area contributed by atoms with Crippen molar-refractivity contribution in [3.8, 4) is 23.3 Å². The molecule has 0 radical (unpaired) electrons. The van der Waals surface area contributed by atoms with Gasteiger partial charge < -0.3 is 54.5 Å². The van der Waals surface area contributed by atoms with Crippen LogP contribution in [0.1, 0.15) is 13.0 Å². The minimum Gasteiger partial charge on any atom is -0.857 e. The van der Waals surface area contributed by atoms with Gasteiger partial charge in [-0.1, -0.05) is 7.43 Å². The molecule has 57 heavy (non-hydrogen) atoms. The predicted octanol–water partition coefficient (Wildman–Crippen LogP) is 5.41. The van der Waals surface area contributed by atoms with Crippen molar-refractivity contribution in [3.63, 3.8) is 0 Å². The molecule has 0 fully saturated rings. The second-order valence-corrected chi connectivity index (χ2v) is 10.9. The van der Waals surface area contributed by atoms with E-state index in [0.717, 1.165) is 19.2 Å². The molecule has 0 unspecified atom stereocenters. The molecule has 0 heterocycles. The van der Waals surface area contributed by atoms with Crippen molar-refractivity contribution in [2.75, 3.05) is 39.9 Å². The van der Waals surface area contributed by atoms with Crippen molar-refractivity contribution in [1.29, 1.82) is 15.8 Å². The van der Waals surface area contributed by atoms with E-state index in [-0.39, 0.29) is 93.9 Å². The molecule has 4 aromatic carbocycles. The van der Waals surface area contributed by atoms with Crippen molar-refractivity contribution in [2.45, 2.75) is 7.43 Å². The number of benzene rings is 4. The Morgan fingerprint density at radius 2 is 0.930 bits per heavy atom. The molecule has 0 aliphatic heterocycles. The van der Waals surface area contributed by atoms with Crippen LogP contribution in [0.2, 0.25) is 0 Å². The minimum absolute atomic E-state index is 0. The van der Waals surface area contributed by atoms with Gasteiger partial charge in [0.05, 0.1) is 73.7 Å². The predicted molar refractivity (Wildman–Crippen MR) is 198 cm³/mol. The zero-order valence-corrected chi connectivity index (χ0v) is 39.2. The number of rotatable bonds is 5. The van der Waals surface area contributed by atoms with Crippen LogP contribution in [0.5, 0.6) is 17.2 Å². The first-order valence-electron chi connectivity index (χ1n) is 13.1. The Kier molecular flexibility index (Phi) is 39.8. The van der Waals surface area contributed by atoms with Gasteiger partial charge in [0, 0.05) is 24.3 Å². The van der Waals surface area contributed by atoms with Gasteiger partial charge >= 0.3 is 60.4 Å². The van der Waals surface area contributed by atoms with Gasteiger partial charge in [0.1, 0.15) is 40.8 Å². The molecule has 0 aliphatic carbocycles. The van der Waals surface area contributed by atoms with E-state index in [1.54, 1.807) is 6.07 Å². The van der Waals surface area contributed by atoms with E-state index in [1.165, 1.54) is 45.6 Å². The Morgan fingerprint density at radius 1 is 0.614 bits per heavy atom. The largest absolute Gasteiger partial charge is 2.00 e. The molecule has 0 bridgehead atoms. The summed E-state index contributed by atoms with van der Waals surface area (Å²) in [5.74, 6) is -2.81. The van der Waals surface area contributed by atoms with Gasteiger partial charge in [-0.15, -0.1) is 0 Å². The number of nitriles is 1. The van der Waals surface area contributed by atoms with Gasteiger partial charge in [0.15, 0.2) is 5.75 Å². The van der Waals surface area contributed by atoms with E-state index in [1.807, 2.05) is 0 Å². The molecule has 0 aliphatic rings. The summed E-state index contributed by atoms with van der Waals surface area (Å²) in [5.41, 5.74) is 9.96. The van der Waals surface area contributed by atoms with Crippen LogP contribution in [0.25, 0.3) is 0 Å². The van der Waals surface area contributed by atoms with E-state index >= 15 is 0 Å². The summed E-state index contributed by atoms with van der Waals surface area (Å²) in [6.45, 7) is 9.50. The number of ether oxygens (including phenoxy) is 3. The summed E-state index contributed by atoms with van der Waals surface area (Å²) >= 11 is 8.59. The van der Waals surface area contributed by atoms with Crippen LogP contribution in [-0.2, 0) is 19.5 Å². The third-order valence-electron chi connectivity index (χ3n) is 5.32. The Morgan fingerprint density at radius 3 is 1.30 bits per heavy atom. The van der Waals surface area contributed by atoms with E-state index < -0.39 is 38.8 Å². The molecule has 4 aromatic rings. The standard InChI is InChI=1S/C8H7FN2O.C7H5BrFNO3.C7H7BrFNO.C6H2BrF2NO2.2CN.CH3O.CH4.Na.Zn/c1-12-8-2-5(4-10)6(9)3-7(8)11;1-13-7-2-4(8)5(9)3-6(7)10(11)12;1-11-7-2-4(8)5(9)3-6(7)10;7-3-1-5(9)6(10(11)12)2-4(3)8;3*1-2;;;/h2-3H,11H2,1H3;2-3H,1H3;2-3H,10H2,1H3;1-2H;;;1H3;1H4;;/q;;;;3*-1;;+1;+2. The maximum atomic E-state index is 12.8. The third kappa shape index (κ3) is 22.4. The Bertz CT molecular complexity index is 1960. The van der Waals surface area contributed by atoms with E-state index in [9.17, 15) is 42.2 Å². The van der Waals surface area contributed by atoms with Crippen molar-refractivity contribution in [3.05, 3.63) is 130 Å². The number of halogens is 8. The molecular weight excluding hydrogens is 1030 g/mol. The minimum atomic E-state index is -1.06. The van der Waals surface area contributed by atoms with E-state index in [4.69, 9.17) is 59.7 Å². The first kappa shape index (κ1) is 64.7. The SMILES string of the molecule is C.COc1cc(Br)c(F)cc1N.COc1cc(Br)c(F)cc1[N+](=O)[O-].COc1cc(C#N)c(F)cc1N.C[O-].O=[N+]([O-])c1cc(F)c(Br)cc1F.[C-]#N.[C-]#N.[Na+].[Zn+2]. The summed E-state index contributed by atoms with van der Waals surface area (Å²) in [7, 11) is 4.92. The normalized spacial score (nSPS) is 8.28. The number of hydrogen-bond acceptors (Lipinski definition) is 13. The van der Waals surface area contributed by atoms with Crippen LogP contribution in [0.4, 0.5) is 44.7 Å². The summed E-state index contributed by atoms with van der Waals surface area (Å²) in [6.07, 6.45) is 0. The molecular formula is C32H28Br3F5N7NaO8Zn. The molecule has 4 rings (SSSR count). The fraction of sp³-hybridized carbons (Fsp3) is 0.156. The number of hydrogen-bond donors (Lipinski definition) is 2. The van der Waals surface area contributed by atoms with Crippen LogP contribution in [0.15, 0.2) is 61.9 Å². The number of nitrogens with zero attached hydrogens (tertiary/aromatic N) is 5. The zero-order valence-electron chi connectivity index (χ0n) is 29.5. The van der Waals surface area contributed by atoms with Gasteiger partial charge in [-0.05, 0) is 59.9 Å². The van der Waals surface area contributed by atoms with Crippen LogP contribution < -0.4 is 60.3 Å². The number of methoxy groups -OCH3 is 3. The van der Waals surface area contributed by atoms with Crippen molar-refractivity contribution >= 4 is 70.5 Å². The molecule has 15 nitrogen and oxygen atoms in total. The van der Waals surface area contributed by atoms with Gasteiger partial charge in [-0.25, -0.2) is 17.6 Å². The molecule has 298 valence electrons. The molecule has 25 heteroatoms. The smallest absolute Gasteiger partial charge is 0.857 e. The van der Waals surface area contributed by atoms with Crippen LogP contribution in [0, 0.1) is 84.3 Å². The molecule has 0 aromatic heterocycles. The third-order valence-corrected chi connectivity index (χ3v) is 7.14. The topological polar surface area (TPSA) is 260 Å². The maximum Gasteiger partial charge on any atom is 2.00 e.